The van der Waals surface area contributed by atoms with E-state index in [-0.39, 0.29) is 25.8 Å². The summed E-state index contributed by atoms with van der Waals surface area (Å²) in [5.41, 5.74) is 1.27. The van der Waals surface area contributed by atoms with Crippen LogP contribution in [-0.4, -0.2) is 7.11 Å². The fraction of sp³-hybridized carbons (Fsp3) is 0.375. The Labute approximate surface area is 81.9 Å². The van der Waals surface area contributed by atoms with Crippen molar-refractivity contribution in [2.45, 2.75) is 13.3 Å². The molecule has 0 aromatic rings. The molecule has 1 aliphatic rings. The standard InChI is InChI=1S/C6H7.C2H5O.Hf/c1-6-4-2-3-5-6;1-3-2;/h2,4H,3H2,1H3;1H2,2H3;/q2*-1;. The van der Waals surface area contributed by atoms with Gasteiger partial charge in [0.05, 0.1) is 0 Å². The van der Waals surface area contributed by atoms with E-state index < -0.39 is 0 Å². The summed E-state index contributed by atoms with van der Waals surface area (Å²) in [6.45, 7) is 2.06. The zero-order valence-electron chi connectivity index (χ0n) is 6.48. The summed E-state index contributed by atoms with van der Waals surface area (Å²) in [6.07, 6.45) is 8.33. The molecule has 10 heavy (non-hydrogen) atoms. The molecule has 0 spiro atoms. The van der Waals surface area contributed by atoms with Crippen LogP contribution < -0.4 is 0 Å². The number of ether oxygens (including phenoxy) is 1. The van der Waals surface area contributed by atoms with Crippen molar-refractivity contribution in [3.8, 4) is 0 Å². The smallest absolute Gasteiger partial charge is 0 e. The first-order chi connectivity index (χ1) is 4.31. The molecule has 1 rings (SSSR count). The van der Waals surface area contributed by atoms with Crippen molar-refractivity contribution >= 4 is 0 Å². The maximum absolute atomic E-state index is 4.00. The Hall–Kier alpha value is 0.310. The second kappa shape index (κ2) is 9.31. The minimum absolute atomic E-state index is 0. The Bertz CT molecular complexity index is 114. The molecule has 0 atom stereocenters. The van der Waals surface area contributed by atoms with Gasteiger partial charge in [0, 0.05) is 25.8 Å². The van der Waals surface area contributed by atoms with Crippen molar-refractivity contribution in [2.24, 2.45) is 0 Å². The number of allylic oxidation sites excluding steroid dienone is 4. The predicted octanol–water partition coefficient (Wildman–Crippen LogP) is 2.12. The van der Waals surface area contributed by atoms with Crippen molar-refractivity contribution in [1.82, 2.24) is 0 Å². The molecule has 0 aromatic carbocycles. The van der Waals surface area contributed by atoms with Gasteiger partial charge in [0.2, 0.25) is 0 Å². The van der Waals surface area contributed by atoms with Crippen LogP contribution in [0.1, 0.15) is 13.3 Å². The molecular weight excluding hydrogens is 291 g/mol. The summed E-state index contributed by atoms with van der Waals surface area (Å²) < 4.78 is 4.00. The van der Waals surface area contributed by atoms with Gasteiger partial charge in [-0.3, -0.25) is 6.08 Å². The molecule has 0 aliphatic heterocycles. The monoisotopic (exact) mass is 304 g/mol. The zero-order valence-corrected chi connectivity index (χ0v) is 10.1. The van der Waals surface area contributed by atoms with E-state index in [4.69, 9.17) is 0 Å². The summed E-state index contributed by atoms with van der Waals surface area (Å²) in [4.78, 5) is 0. The van der Waals surface area contributed by atoms with Crippen LogP contribution in [0.15, 0.2) is 17.7 Å². The van der Waals surface area contributed by atoms with Crippen LogP contribution in [0, 0.1) is 13.2 Å². The molecule has 0 unspecified atom stereocenters. The van der Waals surface area contributed by atoms with Crippen molar-refractivity contribution in [3.05, 3.63) is 30.9 Å². The zero-order chi connectivity index (χ0) is 7.11. The first kappa shape index (κ1) is 12.9. The van der Waals surface area contributed by atoms with Crippen molar-refractivity contribution < 1.29 is 30.6 Å². The summed E-state index contributed by atoms with van der Waals surface area (Å²) in [5, 5.41) is 0. The van der Waals surface area contributed by atoms with E-state index in [2.05, 4.69) is 37.0 Å². The number of methoxy groups -OCH3 is 1. The van der Waals surface area contributed by atoms with Gasteiger partial charge < -0.3 is 4.74 Å². The predicted molar refractivity (Wildman–Crippen MR) is 38.6 cm³/mol. The quantitative estimate of drug-likeness (QED) is 0.492. The Morgan fingerprint density at radius 1 is 1.70 bits per heavy atom. The van der Waals surface area contributed by atoms with Gasteiger partial charge in [-0.2, -0.15) is 6.08 Å². The first-order valence-electron chi connectivity index (χ1n) is 2.83. The normalized spacial score (nSPS) is 12.9. The summed E-state index contributed by atoms with van der Waals surface area (Å²) in [6, 6.07) is 0. The van der Waals surface area contributed by atoms with E-state index >= 15 is 0 Å². The van der Waals surface area contributed by atoms with Crippen LogP contribution in [0.2, 0.25) is 0 Å². The van der Waals surface area contributed by atoms with Crippen LogP contribution in [0.4, 0.5) is 0 Å². The molecular formula is C8H12HfO-2. The molecule has 0 fully saturated rings. The van der Waals surface area contributed by atoms with Gasteiger partial charge in [0.25, 0.3) is 0 Å². The second-order valence-electron chi connectivity index (χ2n) is 1.75. The van der Waals surface area contributed by atoms with Gasteiger partial charge in [-0.1, -0.05) is 6.92 Å². The molecule has 0 radical (unpaired) electrons. The van der Waals surface area contributed by atoms with Gasteiger partial charge >= 0.3 is 0 Å². The summed E-state index contributed by atoms with van der Waals surface area (Å²) in [5.74, 6) is 0. The van der Waals surface area contributed by atoms with Crippen LogP contribution in [0.25, 0.3) is 0 Å². The van der Waals surface area contributed by atoms with Crippen LogP contribution in [-0.2, 0) is 30.6 Å². The van der Waals surface area contributed by atoms with Crippen LogP contribution in [0.5, 0.6) is 0 Å². The van der Waals surface area contributed by atoms with Crippen molar-refractivity contribution in [2.75, 3.05) is 7.11 Å². The molecule has 0 bridgehead atoms. The molecule has 1 aliphatic carbocycles. The molecule has 0 N–H and O–H groups in total. The van der Waals surface area contributed by atoms with E-state index in [1.54, 1.807) is 0 Å². The summed E-state index contributed by atoms with van der Waals surface area (Å²) in [7, 11) is 4.50. The number of rotatable bonds is 0. The van der Waals surface area contributed by atoms with Gasteiger partial charge in [-0.25, -0.2) is 18.8 Å². The Balaban J connectivity index is 0. The third kappa shape index (κ3) is 8.31. The van der Waals surface area contributed by atoms with Crippen LogP contribution >= 0.6 is 0 Å². The Kier molecular flexibility index (Phi) is 12.0. The van der Waals surface area contributed by atoms with Gasteiger partial charge in [-0.05, 0) is 7.11 Å². The molecule has 0 amide bonds. The number of hydrogen-bond donors (Lipinski definition) is 0. The maximum atomic E-state index is 4.00. The topological polar surface area (TPSA) is 9.23 Å². The molecule has 56 valence electrons. The molecule has 0 saturated carbocycles. The minimum Gasteiger partial charge on any atom is -0.557 e. The van der Waals surface area contributed by atoms with Gasteiger partial charge in [0.1, 0.15) is 0 Å². The molecule has 0 heterocycles. The fourth-order valence-corrected chi connectivity index (χ4v) is 0.515. The first-order valence-corrected chi connectivity index (χ1v) is 2.83. The average molecular weight is 303 g/mol. The maximum Gasteiger partial charge on any atom is 0 e. The largest absolute Gasteiger partial charge is 0.557 e. The molecule has 0 saturated heterocycles. The van der Waals surface area contributed by atoms with E-state index in [1.807, 2.05) is 0 Å². The van der Waals surface area contributed by atoms with Crippen LogP contribution in [0.3, 0.4) is 0 Å². The Morgan fingerprint density at radius 2 is 2.20 bits per heavy atom. The number of hydrogen-bond acceptors (Lipinski definition) is 1. The fourth-order valence-electron chi connectivity index (χ4n) is 0.515. The second-order valence-corrected chi connectivity index (χ2v) is 1.75. The Morgan fingerprint density at radius 3 is 2.30 bits per heavy atom. The average Bonchev–Trinajstić information content (AvgIpc) is 2.20. The SMILES string of the molecule is CC1=[C-]CC=C1.[CH2-]OC.[Hf]. The third-order valence-electron chi connectivity index (χ3n) is 0.867. The van der Waals surface area contributed by atoms with Crippen molar-refractivity contribution in [3.63, 3.8) is 0 Å². The molecule has 2 heteroatoms. The van der Waals surface area contributed by atoms with E-state index in [9.17, 15) is 0 Å². The van der Waals surface area contributed by atoms with E-state index in [1.165, 1.54) is 12.7 Å². The van der Waals surface area contributed by atoms with Crippen molar-refractivity contribution in [1.29, 1.82) is 0 Å². The summed E-state index contributed by atoms with van der Waals surface area (Å²) >= 11 is 0. The third-order valence-corrected chi connectivity index (χ3v) is 0.867. The van der Waals surface area contributed by atoms with E-state index in [0.29, 0.717) is 0 Å². The van der Waals surface area contributed by atoms with Gasteiger partial charge in [0.15, 0.2) is 0 Å². The van der Waals surface area contributed by atoms with Gasteiger partial charge in [-0.15, -0.1) is 6.42 Å². The minimum atomic E-state index is 0. The van der Waals surface area contributed by atoms with E-state index in [0.717, 1.165) is 6.42 Å². The molecule has 1 nitrogen and oxygen atoms in total. The molecule has 0 aromatic heterocycles.